The van der Waals surface area contributed by atoms with Crippen LogP contribution in [0, 0.1) is 0 Å². The second-order valence-electron chi connectivity index (χ2n) is 6.03. The Bertz CT molecular complexity index is 950. The maximum atomic E-state index is 12.4. The molecule has 0 bridgehead atoms. The number of carbonyl (C=O) groups excluding carboxylic acids is 2. The lowest BCUT2D eigenvalue weighted by Gasteiger charge is -2.16. The second kappa shape index (κ2) is 6.84. The van der Waals surface area contributed by atoms with Crippen molar-refractivity contribution in [2.45, 2.75) is 6.42 Å². The molecule has 2 heterocycles. The number of fused-ring (bicyclic) bond motifs is 1. The van der Waals surface area contributed by atoms with Gasteiger partial charge in [0, 0.05) is 17.8 Å². The average molecular weight is 347 g/mol. The molecule has 0 fully saturated rings. The van der Waals surface area contributed by atoms with Crippen LogP contribution >= 0.6 is 0 Å². The summed E-state index contributed by atoms with van der Waals surface area (Å²) in [5.41, 5.74) is 3.79. The lowest BCUT2D eigenvalue weighted by Crippen LogP contribution is -2.33. The zero-order valence-electron chi connectivity index (χ0n) is 14.0. The highest BCUT2D eigenvalue weighted by Gasteiger charge is 2.25. The maximum absolute atomic E-state index is 12.4. The molecule has 26 heavy (non-hydrogen) atoms. The molecule has 0 saturated heterocycles. The molecule has 2 aromatic carbocycles. The molecule has 0 radical (unpaired) electrons. The number of aromatic nitrogens is 2. The Balaban J connectivity index is 1.39. The van der Waals surface area contributed by atoms with E-state index in [0.29, 0.717) is 12.2 Å². The monoisotopic (exact) mass is 347 g/mol. The van der Waals surface area contributed by atoms with E-state index in [1.807, 2.05) is 54.6 Å². The Kier molecular flexibility index (Phi) is 4.23. The Labute approximate surface area is 150 Å². The Hall–Kier alpha value is -3.41. The summed E-state index contributed by atoms with van der Waals surface area (Å²) in [6, 6.07) is 18.9. The number of esters is 1. The fourth-order valence-corrected chi connectivity index (χ4v) is 3.06. The molecular formula is C20H17N3O3. The van der Waals surface area contributed by atoms with Crippen LogP contribution in [0.15, 0.2) is 60.7 Å². The summed E-state index contributed by atoms with van der Waals surface area (Å²) >= 11 is 0. The first kappa shape index (κ1) is 16.1. The number of H-pyrrole nitrogens is 1. The van der Waals surface area contributed by atoms with Crippen LogP contribution in [-0.4, -0.2) is 35.2 Å². The first-order chi connectivity index (χ1) is 12.7. The maximum Gasteiger partial charge on any atom is 0.356 e. The molecule has 1 aliphatic rings. The van der Waals surface area contributed by atoms with Crippen molar-refractivity contribution >= 4 is 17.6 Å². The van der Waals surface area contributed by atoms with Crippen LogP contribution in [0.25, 0.3) is 11.3 Å². The van der Waals surface area contributed by atoms with Crippen molar-refractivity contribution in [3.05, 3.63) is 71.9 Å². The fourth-order valence-electron chi connectivity index (χ4n) is 3.06. The number of benzene rings is 2. The summed E-state index contributed by atoms with van der Waals surface area (Å²) in [4.78, 5) is 26.2. The minimum Gasteiger partial charge on any atom is -0.451 e. The molecule has 1 amide bonds. The Morgan fingerprint density at radius 1 is 1.08 bits per heavy atom. The van der Waals surface area contributed by atoms with Crippen molar-refractivity contribution < 1.29 is 14.3 Å². The summed E-state index contributed by atoms with van der Waals surface area (Å²) in [5.74, 6) is -0.827. The van der Waals surface area contributed by atoms with Gasteiger partial charge < -0.3 is 9.64 Å². The minimum atomic E-state index is -0.597. The number of anilines is 1. The zero-order valence-corrected chi connectivity index (χ0v) is 14.0. The zero-order chi connectivity index (χ0) is 17.9. The van der Waals surface area contributed by atoms with Crippen LogP contribution in [0.2, 0.25) is 0 Å². The lowest BCUT2D eigenvalue weighted by molar-refractivity contribution is -0.121. The summed E-state index contributed by atoms with van der Waals surface area (Å²) in [6.07, 6.45) is 0.816. The van der Waals surface area contributed by atoms with Crippen molar-refractivity contribution in [3.63, 3.8) is 0 Å². The quantitative estimate of drug-likeness (QED) is 0.737. The topological polar surface area (TPSA) is 75.3 Å². The van der Waals surface area contributed by atoms with Gasteiger partial charge in [-0.15, -0.1) is 0 Å². The lowest BCUT2D eigenvalue weighted by atomic mass is 10.1. The third-order valence-electron chi connectivity index (χ3n) is 4.38. The molecule has 0 saturated carbocycles. The number of carbonyl (C=O) groups is 2. The van der Waals surface area contributed by atoms with Crippen LogP contribution in [-0.2, 0) is 16.0 Å². The van der Waals surface area contributed by atoms with Gasteiger partial charge >= 0.3 is 5.97 Å². The fraction of sp³-hybridized carbons (Fsp3) is 0.150. The van der Waals surface area contributed by atoms with E-state index in [1.54, 1.807) is 11.0 Å². The van der Waals surface area contributed by atoms with Crippen LogP contribution in [0.3, 0.4) is 0 Å². The van der Waals surface area contributed by atoms with Crippen LogP contribution < -0.4 is 4.90 Å². The first-order valence-electron chi connectivity index (χ1n) is 8.38. The van der Waals surface area contributed by atoms with Gasteiger partial charge in [0.2, 0.25) is 0 Å². The molecule has 3 aromatic rings. The predicted octanol–water partition coefficient (Wildman–Crippen LogP) is 2.82. The number of para-hydroxylation sites is 1. The summed E-state index contributed by atoms with van der Waals surface area (Å²) < 4.78 is 5.17. The molecule has 6 heteroatoms. The molecule has 0 atom stereocenters. The molecule has 130 valence electrons. The highest BCUT2D eigenvalue weighted by molar-refractivity contribution is 5.98. The molecule has 0 spiro atoms. The van der Waals surface area contributed by atoms with Crippen molar-refractivity contribution in [1.29, 1.82) is 0 Å². The molecule has 0 unspecified atom stereocenters. The molecule has 0 aliphatic carbocycles. The van der Waals surface area contributed by atoms with Crippen molar-refractivity contribution in [1.82, 2.24) is 10.2 Å². The summed E-state index contributed by atoms with van der Waals surface area (Å²) in [7, 11) is 0. The van der Waals surface area contributed by atoms with Gasteiger partial charge in [0.05, 0.1) is 5.69 Å². The van der Waals surface area contributed by atoms with Gasteiger partial charge in [-0.1, -0.05) is 48.5 Å². The van der Waals surface area contributed by atoms with Gasteiger partial charge in [-0.2, -0.15) is 5.10 Å². The van der Waals surface area contributed by atoms with Crippen LogP contribution in [0.5, 0.6) is 0 Å². The largest absolute Gasteiger partial charge is 0.451 e. The smallest absolute Gasteiger partial charge is 0.356 e. The minimum absolute atomic E-state index is 0.221. The van der Waals surface area contributed by atoms with Crippen LogP contribution in [0.1, 0.15) is 16.1 Å². The highest BCUT2D eigenvalue weighted by Crippen LogP contribution is 2.27. The molecule has 1 aromatic heterocycles. The Morgan fingerprint density at radius 2 is 1.85 bits per heavy atom. The normalized spacial score (nSPS) is 12.7. The predicted molar refractivity (Wildman–Crippen MR) is 96.8 cm³/mol. The molecule has 4 rings (SSSR count). The van der Waals surface area contributed by atoms with E-state index in [0.717, 1.165) is 23.2 Å². The Morgan fingerprint density at radius 3 is 2.69 bits per heavy atom. The standard InChI is InChI=1S/C20H17N3O3/c24-19(23-11-10-15-8-4-5-9-18(15)23)13-26-20(25)17-12-16(21-22-17)14-6-2-1-3-7-14/h1-9,12H,10-11,13H2,(H,21,22). The number of hydrogen-bond acceptors (Lipinski definition) is 4. The van der Waals surface area contributed by atoms with E-state index >= 15 is 0 Å². The van der Waals surface area contributed by atoms with E-state index in [9.17, 15) is 9.59 Å². The highest BCUT2D eigenvalue weighted by atomic mass is 16.5. The van der Waals surface area contributed by atoms with E-state index in [-0.39, 0.29) is 18.2 Å². The van der Waals surface area contributed by atoms with Gasteiger partial charge in [0.1, 0.15) is 5.69 Å². The average Bonchev–Trinajstić information content (AvgIpc) is 3.34. The molecular weight excluding hydrogens is 330 g/mol. The van der Waals surface area contributed by atoms with Gasteiger partial charge in [-0.25, -0.2) is 4.79 Å². The first-order valence-corrected chi connectivity index (χ1v) is 8.38. The van der Waals surface area contributed by atoms with E-state index < -0.39 is 5.97 Å². The molecule has 1 aliphatic heterocycles. The van der Waals surface area contributed by atoms with Crippen molar-refractivity contribution in [2.24, 2.45) is 0 Å². The number of rotatable bonds is 4. The van der Waals surface area contributed by atoms with E-state index in [2.05, 4.69) is 10.2 Å². The van der Waals surface area contributed by atoms with E-state index in [1.165, 1.54) is 0 Å². The number of ether oxygens (including phenoxy) is 1. The van der Waals surface area contributed by atoms with Crippen LogP contribution in [0.4, 0.5) is 5.69 Å². The van der Waals surface area contributed by atoms with Crippen molar-refractivity contribution in [3.8, 4) is 11.3 Å². The third kappa shape index (κ3) is 3.09. The van der Waals surface area contributed by atoms with Crippen molar-refractivity contribution in [2.75, 3.05) is 18.1 Å². The van der Waals surface area contributed by atoms with Gasteiger partial charge in [0.15, 0.2) is 6.61 Å². The summed E-state index contributed by atoms with van der Waals surface area (Å²) in [6.45, 7) is 0.310. The van der Waals surface area contributed by atoms with Gasteiger partial charge in [-0.05, 0) is 24.1 Å². The number of amides is 1. The number of aromatic amines is 1. The molecule has 6 nitrogen and oxygen atoms in total. The van der Waals surface area contributed by atoms with Gasteiger partial charge in [-0.3, -0.25) is 9.89 Å². The molecule has 1 N–H and O–H groups in total. The number of nitrogens with one attached hydrogen (secondary N) is 1. The number of nitrogens with zero attached hydrogens (tertiary/aromatic N) is 2. The van der Waals surface area contributed by atoms with Gasteiger partial charge in [0.25, 0.3) is 5.91 Å². The third-order valence-corrected chi connectivity index (χ3v) is 4.38. The summed E-state index contributed by atoms with van der Waals surface area (Å²) in [5, 5.41) is 6.78. The second-order valence-corrected chi connectivity index (χ2v) is 6.03. The van der Waals surface area contributed by atoms with E-state index in [4.69, 9.17) is 4.74 Å². The number of hydrogen-bond donors (Lipinski definition) is 1. The SMILES string of the molecule is O=C(OCC(=O)N1CCc2ccccc21)c1cc(-c2ccccc2)n[nH]1.